The molecule has 18 heavy (non-hydrogen) atoms. The Morgan fingerprint density at radius 3 is 2.72 bits per heavy atom. The summed E-state index contributed by atoms with van der Waals surface area (Å²) in [6.45, 7) is 9.23. The molecule has 1 aromatic rings. The summed E-state index contributed by atoms with van der Waals surface area (Å²) < 4.78 is 7.52. The lowest BCUT2D eigenvalue weighted by atomic mass is 9.76. The van der Waals surface area contributed by atoms with Gasteiger partial charge in [0.2, 0.25) is 0 Å². The van der Waals surface area contributed by atoms with Gasteiger partial charge in [-0.1, -0.05) is 13.8 Å². The summed E-state index contributed by atoms with van der Waals surface area (Å²) in [5.41, 5.74) is 3.35. The van der Waals surface area contributed by atoms with Crippen molar-refractivity contribution in [3.8, 4) is 0 Å². The fourth-order valence-electron chi connectivity index (χ4n) is 3.10. The first-order valence-corrected chi connectivity index (χ1v) is 6.58. The molecule has 1 heterocycles. The third-order valence-electron chi connectivity index (χ3n) is 3.77. The minimum absolute atomic E-state index is 0.0689. The third kappa shape index (κ3) is 2.24. The minimum atomic E-state index is 0.0689. The van der Waals surface area contributed by atoms with Crippen LogP contribution in [0.3, 0.4) is 0 Å². The van der Waals surface area contributed by atoms with Crippen LogP contribution in [-0.4, -0.2) is 24.1 Å². The number of hydrogen-bond acceptors (Lipinski definition) is 2. The van der Waals surface area contributed by atoms with Crippen molar-refractivity contribution >= 4 is 5.78 Å². The Bertz CT molecular complexity index is 471. The van der Waals surface area contributed by atoms with E-state index in [1.165, 1.54) is 5.69 Å². The second kappa shape index (κ2) is 4.54. The second-order valence-electron chi connectivity index (χ2n) is 6.26. The number of aromatic nitrogens is 1. The SMILES string of the molecule is COCC(C)n1c(C)cc2c1CC(C)(C)CC2=O. The maximum absolute atomic E-state index is 12.2. The van der Waals surface area contributed by atoms with E-state index in [2.05, 4.69) is 32.3 Å². The molecule has 0 N–H and O–H groups in total. The molecule has 0 aromatic carbocycles. The molecule has 0 saturated carbocycles. The van der Waals surface area contributed by atoms with Gasteiger partial charge in [-0.2, -0.15) is 0 Å². The Morgan fingerprint density at radius 2 is 2.11 bits per heavy atom. The van der Waals surface area contributed by atoms with E-state index in [9.17, 15) is 4.79 Å². The van der Waals surface area contributed by atoms with Crippen LogP contribution in [0.5, 0.6) is 0 Å². The predicted octanol–water partition coefficient (Wildman–Crippen LogP) is 3.16. The Labute approximate surface area is 109 Å². The van der Waals surface area contributed by atoms with Gasteiger partial charge in [0, 0.05) is 30.5 Å². The largest absolute Gasteiger partial charge is 0.383 e. The zero-order valence-corrected chi connectivity index (χ0v) is 12.0. The van der Waals surface area contributed by atoms with Gasteiger partial charge in [-0.15, -0.1) is 0 Å². The van der Waals surface area contributed by atoms with E-state index in [0.717, 1.165) is 17.7 Å². The molecule has 0 spiro atoms. The number of ether oxygens (including phenoxy) is 1. The van der Waals surface area contributed by atoms with Crippen LogP contribution < -0.4 is 0 Å². The van der Waals surface area contributed by atoms with E-state index in [0.29, 0.717) is 13.0 Å². The summed E-state index contributed by atoms with van der Waals surface area (Å²) in [5.74, 6) is 0.285. The van der Waals surface area contributed by atoms with Crippen LogP contribution in [0.25, 0.3) is 0 Å². The van der Waals surface area contributed by atoms with Crippen LogP contribution in [0.15, 0.2) is 6.07 Å². The molecule has 0 aliphatic heterocycles. The number of carbonyl (C=O) groups is 1. The zero-order chi connectivity index (χ0) is 13.5. The molecule has 0 amide bonds. The number of ketones is 1. The van der Waals surface area contributed by atoms with Crippen LogP contribution in [0, 0.1) is 12.3 Å². The van der Waals surface area contributed by atoms with Gasteiger partial charge in [0.25, 0.3) is 0 Å². The Hall–Kier alpha value is -1.09. The number of methoxy groups -OCH3 is 1. The van der Waals surface area contributed by atoms with Gasteiger partial charge in [0.15, 0.2) is 5.78 Å². The Kier molecular flexibility index (Phi) is 3.37. The van der Waals surface area contributed by atoms with Gasteiger partial charge in [-0.25, -0.2) is 0 Å². The number of hydrogen-bond donors (Lipinski definition) is 0. The lowest BCUT2D eigenvalue weighted by Gasteiger charge is -2.31. The first-order chi connectivity index (χ1) is 8.35. The number of aryl methyl sites for hydroxylation is 1. The van der Waals surface area contributed by atoms with E-state index in [4.69, 9.17) is 4.74 Å². The molecule has 0 fully saturated rings. The van der Waals surface area contributed by atoms with Crippen LogP contribution >= 0.6 is 0 Å². The van der Waals surface area contributed by atoms with Crippen molar-refractivity contribution in [3.63, 3.8) is 0 Å². The normalized spacial score (nSPS) is 19.7. The number of rotatable bonds is 3. The number of Topliss-reactive ketones (excluding diaryl/α,β-unsaturated/α-hetero) is 1. The summed E-state index contributed by atoms with van der Waals surface area (Å²) in [4.78, 5) is 12.2. The van der Waals surface area contributed by atoms with Crippen molar-refractivity contribution in [2.45, 2.75) is 46.6 Å². The fourth-order valence-corrected chi connectivity index (χ4v) is 3.10. The molecule has 1 aliphatic rings. The van der Waals surface area contributed by atoms with Gasteiger partial charge in [0.1, 0.15) is 0 Å². The molecule has 0 saturated heterocycles. The van der Waals surface area contributed by atoms with Crippen LogP contribution in [-0.2, 0) is 11.2 Å². The third-order valence-corrected chi connectivity index (χ3v) is 3.77. The molecule has 1 aromatic heterocycles. The van der Waals surface area contributed by atoms with Gasteiger partial charge in [0.05, 0.1) is 12.6 Å². The second-order valence-corrected chi connectivity index (χ2v) is 6.26. The van der Waals surface area contributed by atoms with Gasteiger partial charge >= 0.3 is 0 Å². The van der Waals surface area contributed by atoms with Gasteiger partial charge in [-0.05, 0) is 31.7 Å². The molecule has 3 nitrogen and oxygen atoms in total. The van der Waals surface area contributed by atoms with E-state index >= 15 is 0 Å². The molecule has 1 unspecified atom stereocenters. The molecular weight excluding hydrogens is 226 g/mol. The summed E-state index contributed by atoms with van der Waals surface area (Å²) in [7, 11) is 1.72. The van der Waals surface area contributed by atoms with Crippen molar-refractivity contribution in [2.24, 2.45) is 5.41 Å². The molecule has 2 rings (SSSR count). The average molecular weight is 249 g/mol. The van der Waals surface area contributed by atoms with Crippen LogP contribution in [0.1, 0.15) is 55.0 Å². The molecule has 1 aliphatic carbocycles. The van der Waals surface area contributed by atoms with E-state index in [1.54, 1.807) is 7.11 Å². The molecular formula is C15H23NO2. The first-order valence-electron chi connectivity index (χ1n) is 6.58. The van der Waals surface area contributed by atoms with Crippen LogP contribution in [0.4, 0.5) is 0 Å². The summed E-state index contributed by atoms with van der Waals surface area (Å²) in [6, 6.07) is 2.32. The standard InChI is InChI=1S/C15H23NO2/c1-10-6-12-13(16(10)11(2)9-18-5)7-15(3,4)8-14(12)17/h6,11H,7-9H2,1-5H3. The quantitative estimate of drug-likeness (QED) is 0.824. The number of carbonyl (C=O) groups excluding carboxylic acids is 1. The van der Waals surface area contributed by atoms with E-state index in [-0.39, 0.29) is 17.2 Å². The highest BCUT2D eigenvalue weighted by molar-refractivity contribution is 5.99. The monoisotopic (exact) mass is 249 g/mol. The first kappa shape index (κ1) is 13.3. The zero-order valence-electron chi connectivity index (χ0n) is 12.0. The number of nitrogens with zero attached hydrogens (tertiary/aromatic N) is 1. The van der Waals surface area contributed by atoms with Gasteiger partial charge < -0.3 is 9.30 Å². The fraction of sp³-hybridized carbons (Fsp3) is 0.667. The maximum atomic E-state index is 12.2. The molecule has 3 heteroatoms. The van der Waals surface area contributed by atoms with E-state index in [1.807, 2.05) is 6.07 Å². The highest BCUT2D eigenvalue weighted by Gasteiger charge is 2.34. The highest BCUT2D eigenvalue weighted by atomic mass is 16.5. The molecule has 1 atom stereocenters. The van der Waals surface area contributed by atoms with Crippen molar-refractivity contribution in [2.75, 3.05) is 13.7 Å². The van der Waals surface area contributed by atoms with Crippen molar-refractivity contribution in [3.05, 3.63) is 23.0 Å². The summed E-state index contributed by atoms with van der Waals surface area (Å²) in [5, 5.41) is 0. The predicted molar refractivity (Wildman–Crippen MR) is 72.2 cm³/mol. The lowest BCUT2D eigenvalue weighted by Crippen LogP contribution is -2.29. The van der Waals surface area contributed by atoms with Crippen molar-refractivity contribution in [1.82, 2.24) is 4.57 Å². The summed E-state index contributed by atoms with van der Waals surface area (Å²) >= 11 is 0. The van der Waals surface area contributed by atoms with Gasteiger partial charge in [-0.3, -0.25) is 4.79 Å². The Balaban J connectivity index is 2.47. The minimum Gasteiger partial charge on any atom is -0.383 e. The van der Waals surface area contributed by atoms with Crippen molar-refractivity contribution in [1.29, 1.82) is 0 Å². The molecule has 0 radical (unpaired) electrons. The smallest absolute Gasteiger partial charge is 0.165 e. The van der Waals surface area contributed by atoms with Crippen molar-refractivity contribution < 1.29 is 9.53 Å². The Morgan fingerprint density at radius 1 is 1.44 bits per heavy atom. The molecule has 0 bridgehead atoms. The average Bonchev–Trinajstić information content (AvgIpc) is 2.53. The van der Waals surface area contributed by atoms with E-state index < -0.39 is 0 Å². The maximum Gasteiger partial charge on any atom is 0.165 e. The topological polar surface area (TPSA) is 31.2 Å². The number of fused-ring (bicyclic) bond motifs is 1. The highest BCUT2D eigenvalue weighted by Crippen LogP contribution is 2.37. The molecule has 100 valence electrons. The van der Waals surface area contributed by atoms with Crippen LogP contribution in [0.2, 0.25) is 0 Å². The summed E-state index contributed by atoms with van der Waals surface area (Å²) in [6.07, 6.45) is 1.62. The lowest BCUT2D eigenvalue weighted by molar-refractivity contribution is 0.0907.